The summed E-state index contributed by atoms with van der Waals surface area (Å²) in [5.41, 5.74) is 0.665. The van der Waals surface area contributed by atoms with E-state index in [1.807, 2.05) is 36.2 Å². The molecule has 1 aromatic rings. The van der Waals surface area contributed by atoms with E-state index in [2.05, 4.69) is 0 Å². The molecule has 1 heterocycles. The summed E-state index contributed by atoms with van der Waals surface area (Å²) >= 11 is 1.35. The Kier molecular flexibility index (Phi) is 7.11. The fourth-order valence-corrected chi connectivity index (χ4v) is 2.69. The topological polar surface area (TPSA) is 60.9 Å². The number of amides is 1. The maximum Gasteiger partial charge on any atom is 0.328 e. The highest BCUT2D eigenvalue weighted by atomic mass is 32.1. The third-order valence-electron chi connectivity index (χ3n) is 2.89. The minimum atomic E-state index is -1.02. The summed E-state index contributed by atoms with van der Waals surface area (Å²) in [5.74, 6) is -1.05. The molecule has 6 heteroatoms. The number of thiophene rings is 1. The monoisotopic (exact) mass is 310 g/mol. The molecule has 0 spiro atoms. The first-order chi connectivity index (χ1) is 9.95. The van der Waals surface area contributed by atoms with E-state index in [1.54, 1.807) is 6.07 Å². The fraction of sp³-hybridized carbons (Fsp3) is 0.467. The van der Waals surface area contributed by atoms with Crippen LogP contribution in [-0.4, -0.2) is 60.5 Å². The molecule has 0 saturated heterocycles. The standard InChI is InChI=1S/C15H22N2O3S/c1-4-8-17(10-9-16(2)3)15(20)14-12(7-11-21-14)5-6-13(18)19/h5-7,11H,4,8-10H2,1-3H3,(H,18,19). The maximum absolute atomic E-state index is 12.6. The maximum atomic E-state index is 12.6. The molecule has 0 atom stereocenters. The molecule has 0 fully saturated rings. The zero-order valence-corrected chi connectivity index (χ0v) is 13.5. The van der Waals surface area contributed by atoms with Gasteiger partial charge in [-0.3, -0.25) is 4.79 Å². The van der Waals surface area contributed by atoms with Crippen LogP contribution in [0.4, 0.5) is 0 Å². The number of hydrogen-bond acceptors (Lipinski definition) is 4. The molecule has 0 aliphatic carbocycles. The lowest BCUT2D eigenvalue weighted by Gasteiger charge is -2.23. The van der Waals surface area contributed by atoms with Crippen LogP contribution in [0.1, 0.15) is 28.6 Å². The van der Waals surface area contributed by atoms with Gasteiger partial charge in [-0.1, -0.05) is 6.92 Å². The summed E-state index contributed by atoms with van der Waals surface area (Å²) < 4.78 is 0. The highest BCUT2D eigenvalue weighted by Gasteiger charge is 2.18. The van der Waals surface area contributed by atoms with Crippen LogP contribution >= 0.6 is 11.3 Å². The fourth-order valence-electron chi connectivity index (χ4n) is 1.83. The Hall–Kier alpha value is -1.66. The molecule has 1 amide bonds. The lowest BCUT2D eigenvalue weighted by Crippen LogP contribution is -2.37. The van der Waals surface area contributed by atoms with Gasteiger partial charge in [0.2, 0.25) is 0 Å². The van der Waals surface area contributed by atoms with Crippen LogP contribution in [0.3, 0.4) is 0 Å². The first kappa shape index (κ1) is 17.4. The van der Waals surface area contributed by atoms with Gasteiger partial charge in [0.25, 0.3) is 5.91 Å². The molecule has 0 bridgehead atoms. The van der Waals surface area contributed by atoms with Gasteiger partial charge in [0.15, 0.2) is 0 Å². The van der Waals surface area contributed by atoms with E-state index < -0.39 is 5.97 Å². The second kappa shape index (κ2) is 8.59. The Morgan fingerprint density at radius 1 is 1.29 bits per heavy atom. The van der Waals surface area contributed by atoms with Crippen molar-refractivity contribution in [3.8, 4) is 0 Å². The number of carbonyl (C=O) groups excluding carboxylic acids is 1. The van der Waals surface area contributed by atoms with E-state index in [4.69, 9.17) is 5.11 Å². The second-order valence-corrected chi connectivity index (χ2v) is 5.89. The van der Waals surface area contributed by atoms with Crippen molar-refractivity contribution < 1.29 is 14.7 Å². The van der Waals surface area contributed by atoms with Crippen LogP contribution in [0.15, 0.2) is 17.5 Å². The summed E-state index contributed by atoms with van der Waals surface area (Å²) in [4.78, 5) is 27.7. The third kappa shape index (κ3) is 5.69. The molecule has 0 saturated carbocycles. The van der Waals surface area contributed by atoms with Crippen molar-refractivity contribution in [2.45, 2.75) is 13.3 Å². The van der Waals surface area contributed by atoms with Gasteiger partial charge in [-0.2, -0.15) is 0 Å². The minimum Gasteiger partial charge on any atom is -0.478 e. The molecule has 0 aliphatic rings. The number of hydrogen-bond donors (Lipinski definition) is 1. The SMILES string of the molecule is CCCN(CCN(C)C)C(=O)c1sccc1C=CC(=O)O. The molecule has 116 valence electrons. The second-order valence-electron chi connectivity index (χ2n) is 4.97. The van der Waals surface area contributed by atoms with Crippen molar-refractivity contribution in [1.82, 2.24) is 9.80 Å². The molecule has 1 aromatic heterocycles. The highest BCUT2D eigenvalue weighted by molar-refractivity contribution is 7.12. The summed E-state index contributed by atoms with van der Waals surface area (Å²) in [5, 5.41) is 10.5. The van der Waals surface area contributed by atoms with Crippen LogP contribution in [0.25, 0.3) is 6.08 Å². The Morgan fingerprint density at radius 2 is 2.00 bits per heavy atom. The quantitative estimate of drug-likeness (QED) is 0.748. The van der Waals surface area contributed by atoms with Crippen LogP contribution in [-0.2, 0) is 4.79 Å². The molecular formula is C15H22N2O3S. The lowest BCUT2D eigenvalue weighted by atomic mass is 10.2. The van der Waals surface area contributed by atoms with Gasteiger partial charge in [0.05, 0.1) is 4.88 Å². The van der Waals surface area contributed by atoms with E-state index in [9.17, 15) is 9.59 Å². The average Bonchev–Trinajstić information content (AvgIpc) is 2.88. The smallest absolute Gasteiger partial charge is 0.328 e. The van der Waals surface area contributed by atoms with Gasteiger partial charge in [-0.05, 0) is 43.6 Å². The highest BCUT2D eigenvalue weighted by Crippen LogP contribution is 2.20. The predicted molar refractivity (Wildman–Crippen MR) is 85.7 cm³/mol. The molecule has 1 rings (SSSR count). The summed E-state index contributed by atoms with van der Waals surface area (Å²) in [6.07, 6.45) is 3.43. The van der Waals surface area contributed by atoms with Crippen molar-refractivity contribution in [2.24, 2.45) is 0 Å². The number of aliphatic carboxylic acids is 1. The van der Waals surface area contributed by atoms with Crippen molar-refractivity contribution in [3.05, 3.63) is 28.0 Å². The van der Waals surface area contributed by atoms with E-state index in [0.717, 1.165) is 19.0 Å². The summed E-state index contributed by atoms with van der Waals surface area (Å²) in [6, 6.07) is 1.77. The van der Waals surface area contributed by atoms with Gasteiger partial charge in [-0.15, -0.1) is 11.3 Å². The zero-order chi connectivity index (χ0) is 15.8. The van der Waals surface area contributed by atoms with Gasteiger partial charge in [0, 0.05) is 25.7 Å². The first-order valence-electron chi connectivity index (χ1n) is 6.88. The number of carboxylic acids is 1. The molecular weight excluding hydrogens is 288 g/mol. The number of carboxylic acid groups (broad SMARTS) is 1. The normalized spacial score (nSPS) is 11.2. The summed E-state index contributed by atoms with van der Waals surface area (Å²) in [6.45, 7) is 4.21. The Balaban J connectivity index is 2.88. The van der Waals surface area contributed by atoms with Crippen LogP contribution in [0.5, 0.6) is 0 Å². The van der Waals surface area contributed by atoms with Crippen molar-refractivity contribution in [2.75, 3.05) is 33.7 Å². The Morgan fingerprint density at radius 3 is 2.57 bits per heavy atom. The lowest BCUT2D eigenvalue weighted by molar-refractivity contribution is -0.131. The Bertz CT molecular complexity index is 509. The molecule has 1 N–H and O–H groups in total. The number of rotatable bonds is 8. The summed E-state index contributed by atoms with van der Waals surface area (Å²) in [7, 11) is 3.95. The van der Waals surface area contributed by atoms with Crippen molar-refractivity contribution >= 4 is 29.3 Å². The number of nitrogens with zero attached hydrogens (tertiary/aromatic N) is 2. The Labute approximate surface area is 129 Å². The van der Waals surface area contributed by atoms with Crippen LogP contribution in [0, 0.1) is 0 Å². The number of likely N-dealkylation sites (N-methyl/N-ethyl adjacent to an activating group) is 1. The van der Waals surface area contributed by atoms with Gasteiger partial charge >= 0.3 is 5.97 Å². The molecule has 0 radical (unpaired) electrons. The molecule has 0 aromatic carbocycles. The average molecular weight is 310 g/mol. The predicted octanol–water partition coefficient (Wildman–Crippen LogP) is 2.26. The molecule has 5 nitrogen and oxygen atoms in total. The molecule has 0 unspecified atom stereocenters. The molecule has 21 heavy (non-hydrogen) atoms. The van der Waals surface area contributed by atoms with Gasteiger partial charge < -0.3 is 14.9 Å². The van der Waals surface area contributed by atoms with E-state index >= 15 is 0 Å². The largest absolute Gasteiger partial charge is 0.478 e. The molecule has 0 aliphatic heterocycles. The first-order valence-corrected chi connectivity index (χ1v) is 7.76. The third-order valence-corrected chi connectivity index (χ3v) is 3.81. The minimum absolute atomic E-state index is 0.0289. The van der Waals surface area contributed by atoms with E-state index in [-0.39, 0.29) is 5.91 Å². The van der Waals surface area contributed by atoms with Crippen LogP contribution < -0.4 is 0 Å². The van der Waals surface area contributed by atoms with Gasteiger partial charge in [-0.25, -0.2) is 4.79 Å². The van der Waals surface area contributed by atoms with E-state index in [1.165, 1.54) is 17.4 Å². The zero-order valence-electron chi connectivity index (χ0n) is 12.7. The number of carbonyl (C=O) groups is 2. The van der Waals surface area contributed by atoms with Crippen molar-refractivity contribution in [3.63, 3.8) is 0 Å². The van der Waals surface area contributed by atoms with Crippen LogP contribution in [0.2, 0.25) is 0 Å². The van der Waals surface area contributed by atoms with E-state index in [0.29, 0.717) is 23.5 Å². The van der Waals surface area contributed by atoms with Gasteiger partial charge in [0.1, 0.15) is 0 Å². The van der Waals surface area contributed by atoms with Crippen molar-refractivity contribution in [1.29, 1.82) is 0 Å².